The van der Waals surface area contributed by atoms with Gasteiger partial charge in [0, 0.05) is 40.7 Å². The molecule has 0 aliphatic heterocycles. The van der Waals surface area contributed by atoms with Crippen LogP contribution in [-0.2, 0) is 24.4 Å². The minimum atomic E-state index is -0.935. The first-order valence-electron chi connectivity index (χ1n) is 10.6. The normalized spacial score (nSPS) is 12.1. The molecule has 0 spiro atoms. The van der Waals surface area contributed by atoms with Gasteiger partial charge in [-0.3, -0.25) is 10.1 Å². The number of aliphatic carboxylic acids is 1. The number of carboxylic acids is 1. The first kappa shape index (κ1) is 23.2. The molecular formula is C26H24Cl2N2O3. The monoisotopic (exact) mass is 482 g/mol. The molecule has 0 fully saturated rings. The Morgan fingerprint density at radius 2 is 1.85 bits per heavy atom. The van der Waals surface area contributed by atoms with E-state index in [1.165, 1.54) is 5.56 Å². The summed E-state index contributed by atoms with van der Waals surface area (Å²) in [6.45, 7) is 2.61. The number of aromatic amines is 1. The molecule has 0 aliphatic carbocycles. The smallest absolute Gasteiger partial charge is 0.321 e. The van der Waals surface area contributed by atoms with Gasteiger partial charge in [-0.25, -0.2) is 0 Å². The Bertz CT molecular complexity index is 1270. The van der Waals surface area contributed by atoms with Crippen molar-refractivity contribution in [3.8, 4) is 5.75 Å². The van der Waals surface area contributed by atoms with Crippen molar-refractivity contribution >= 4 is 40.1 Å². The van der Waals surface area contributed by atoms with E-state index in [-0.39, 0.29) is 6.54 Å². The van der Waals surface area contributed by atoms with Crippen molar-refractivity contribution in [2.24, 2.45) is 0 Å². The molecular weight excluding hydrogens is 459 g/mol. The molecule has 0 aliphatic rings. The molecule has 5 nitrogen and oxygen atoms in total. The molecule has 0 amide bonds. The summed E-state index contributed by atoms with van der Waals surface area (Å²) in [5.74, 6) is -0.444. The van der Waals surface area contributed by atoms with Gasteiger partial charge >= 0.3 is 5.97 Å². The molecule has 4 rings (SSSR count). The van der Waals surface area contributed by atoms with Crippen molar-refractivity contribution < 1.29 is 14.6 Å². The van der Waals surface area contributed by atoms with Crippen LogP contribution in [0.1, 0.15) is 22.3 Å². The van der Waals surface area contributed by atoms with Crippen molar-refractivity contribution in [1.29, 1.82) is 0 Å². The van der Waals surface area contributed by atoms with Gasteiger partial charge in [-0.05, 0) is 36.2 Å². The fourth-order valence-corrected chi connectivity index (χ4v) is 4.34. The number of carbonyl (C=O) groups is 1. The number of nitrogens with one attached hydrogen (secondary N) is 2. The van der Waals surface area contributed by atoms with Crippen LogP contribution in [0.15, 0.2) is 66.9 Å². The van der Waals surface area contributed by atoms with E-state index < -0.39 is 12.0 Å². The average Bonchev–Trinajstić information content (AvgIpc) is 3.19. The number of benzene rings is 3. The van der Waals surface area contributed by atoms with Crippen LogP contribution in [0.4, 0.5) is 0 Å². The van der Waals surface area contributed by atoms with Crippen molar-refractivity contribution in [3.63, 3.8) is 0 Å². The number of hydrogen-bond acceptors (Lipinski definition) is 3. The highest BCUT2D eigenvalue weighted by Gasteiger charge is 2.21. The van der Waals surface area contributed by atoms with E-state index in [1.807, 2.05) is 61.7 Å². The Kier molecular flexibility index (Phi) is 7.23. The number of aryl methyl sites for hydroxylation is 1. The molecule has 0 radical (unpaired) electrons. The number of aromatic nitrogens is 1. The number of para-hydroxylation sites is 1. The molecule has 0 saturated heterocycles. The van der Waals surface area contributed by atoms with Gasteiger partial charge < -0.3 is 14.8 Å². The SMILES string of the molecule is Cc1ccc(COc2c(Cl)cc(Cl)cc2CN[C@H](Cc2c[nH]c3ccccc23)C(=O)O)cc1. The summed E-state index contributed by atoms with van der Waals surface area (Å²) in [4.78, 5) is 15.2. The molecule has 4 aromatic rings. The summed E-state index contributed by atoms with van der Waals surface area (Å²) >= 11 is 12.7. The zero-order valence-electron chi connectivity index (χ0n) is 18.1. The van der Waals surface area contributed by atoms with E-state index >= 15 is 0 Å². The van der Waals surface area contributed by atoms with Gasteiger partial charge in [0.05, 0.1) is 5.02 Å². The highest BCUT2D eigenvalue weighted by atomic mass is 35.5. The van der Waals surface area contributed by atoms with Crippen LogP contribution in [0.25, 0.3) is 10.9 Å². The molecule has 1 atom stereocenters. The predicted molar refractivity (Wildman–Crippen MR) is 132 cm³/mol. The topological polar surface area (TPSA) is 74.3 Å². The summed E-state index contributed by atoms with van der Waals surface area (Å²) in [6.07, 6.45) is 2.18. The summed E-state index contributed by atoms with van der Waals surface area (Å²) in [5.41, 5.74) is 4.79. The quantitative estimate of drug-likeness (QED) is 0.267. The fourth-order valence-electron chi connectivity index (χ4n) is 3.75. The lowest BCUT2D eigenvalue weighted by Crippen LogP contribution is -2.38. The lowest BCUT2D eigenvalue weighted by molar-refractivity contribution is -0.139. The molecule has 170 valence electrons. The molecule has 0 unspecified atom stereocenters. The summed E-state index contributed by atoms with van der Waals surface area (Å²) in [6, 6.07) is 18.4. The van der Waals surface area contributed by atoms with E-state index in [0.717, 1.165) is 22.0 Å². The summed E-state index contributed by atoms with van der Waals surface area (Å²) in [7, 11) is 0. The van der Waals surface area contributed by atoms with Crippen LogP contribution in [0.2, 0.25) is 10.0 Å². The lowest BCUT2D eigenvalue weighted by atomic mass is 10.0. The highest BCUT2D eigenvalue weighted by molar-refractivity contribution is 6.35. The number of H-pyrrole nitrogens is 1. The lowest BCUT2D eigenvalue weighted by Gasteiger charge is -2.18. The van der Waals surface area contributed by atoms with Crippen molar-refractivity contribution in [2.75, 3.05) is 0 Å². The minimum absolute atomic E-state index is 0.239. The van der Waals surface area contributed by atoms with Crippen molar-refractivity contribution in [2.45, 2.75) is 32.5 Å². The molecule has 3 aromatic carbocycles. The number of rotatable bonds is 9. The molecule has 1 aromatic heterocycles. The maximum absolute atomic E-state index is 12.0. The third-order valence-electron chi connectivity index (χ3n) is 5.53. The Hall–Kier alpha value is -2.99. The number of fused-ring (bicyclic) bond motifs is 1. The van der Waals surface area contributed by atoms with Crippen LogP contribution in [0.3, 0.4) is 0 Å². The van der Waals surface area contributed by atoms with E-state index in [9.17, 15) is 9.90 Å². The van der Waals surface area contributed by atoms with Crippen molar-refractivity contribution in [1.82, 2.24) is 10.3 Å². The fraction of sp³-hybridized carbons (Fsp3) is 0.192. The first-order chi connectivity index (χ1) is 15.9. The average molecular weight is 483 g/mol. The highest BCUT2D eigenvalue weighted by Crippen LogP contribution is 2.33. The molecule has 0 bridgehead atoms. The molecule has 7 heteroatoms. The van der Waals surface area contributed by atoms with E-state index in [4.69, 9.17) is 27.9 Å². The zero-order chi connectivity index (χ0) is 23.4. The van der Waals surface area contributed by atoms with Gasteiger partial charge in [-0.15, -0.1) is 0 Å². The van der Waals surface area contributed by atoms with E-state index in [2.05, 4.69) is 10.3 Å². The Morgan fingerprint density at radius 1 is 1.09 bits per heavy atom. The summed E-state index contributed by atoms with van der Waals surface area (Å²) in [5, 5.41) is 14.8. The van der Waals surface area contributed by atoms with Crippen LogP contribution in [-0.4, -0.2) is 22.1 Å². The number of carboxylic acid groups (broad SMARTS) is 1. The second kappa shape index (κ2) is 10.3. The van der Waals surface area contributed by atoms with Gasteiger partial charge in [0.1, 0.15) is 18.4 Å². The molecule has 1 heterocycles. The number of ether oxygens (including phenoxy) is 1. The Morgan fingerprint density at radius 3 is 2.61 bits per heavy atom. The third-order valence-corrected chi connectivity index (χ3v) is 6.02. The van der Waals surface area contributed by atoms with Crippen LogP contribution in [0.5, 0.6) is 5.75 Å². The number of halogens is 2. The van der Waals surface area contributed by atoms with Gasteiger partial charge in [0.2, 0.25) is 0 Å². The Labute approximate surface area is 202 Å². The van der Waals surface area contributed by atoms with Crippen LogP contribution in [0, 0.1) is 6.92 Å². The third kappa shape index (κ3) is 5.69. The second-order valence-corrected chi connectivity index (χ2v) is 8.83. The largest absolute Gasteiger partial charge is 0.487 e. The molecule has 33 heavy (non-hydrogen) atoms. The van der Waals surface area contributed by atoms with E-state index in [1.54, 1.807) is 12.1 Å². The van der Waals surface area contributed by atoms with Gasteiger partial charge in [-0.2, -0.15) is 0 Å². The maximum Gasteiger partial charge on any atom is 0.321 e. The maximum atomic E-state index is 12.0. The van der Waals surface area contributed by atoms with E-state index in [0.29, 0.717) is 34.4 Å². The standard InChI is InChI=1S/C26H24Cl2N2O3/c1-16-6-8-17(9-7-16)15-33-25-19(10-20(27)12-22(25)28)14-30-24(26(31)32)11-18-13-29-23-5-3-2-4-21(18)23/h2-10,12-13,24,29-30H,11,14-15H2,1H3,(H,31,32)/t24-/m1/s1. The summed E-state index contributed by atoms with van der Waals surface area (Å²) < 4.78 is 6.02. The van der Waals surface area contributed by atoms with Gasteiger partial charge in [0.15, 0.2) is 0 Å². The number of hydrogen-bond donors (Lipinski definition) is 3. The van der Waals surface area contributed by atoms with Gasteiger partial charge in [0.25, 0.3) is 0 Å². The molecule has 0 saturated carbocycles. The Balaban J connectivity index is 1.50. The van der Waals surface area contributed by atoms with Crippen LogP contribution >= 0.6 is 23.2 Å². The minimum Gasteiger partial charge on any atom is -0.487 e. The first-order valence-corrected chi connectivity index (χ1v) is 11.3. The van der Waals surface area contributed by atoms with Crippen molar-refractivity contribution in [3.05, 3.63) is 99.2 Å². The zero-order valence-corrected chi connectivity index (χ0v) is 19.6. The second-order valence-electron chi connectivity index (χ2n) is 7.99. The molecule has 3 N–H and O–H groups in total. The predicted octanol–water partition coefficient (Wildman–Crippen LogP) is 6.15. The van der Waals surface area contributed by atoms with Crippen LogP contribution < -0.4 is 10.1 Å². The van der Waals surface area contributed by atoms with Gasteiger partial charge in [-0.1, -0.05) is 71.2 Å².